The Hall–Kier alpha value is -2.13. The van der Waals surface area contributed by atoms with Crippen LogP contribution in [0.4, 0.5) is 0 Å². The second kappa shape index (κ2) is 8.91. The molecule has 2 nitrogen and oxygen atoms in total. The molecule has 2 N–H and O–H groups in total. The van der Waals surface area contributed by atoms with E-state index in [9.17, 15) is 5.11 Å². The molecule has 1 aliphatic heterocycles. The van der Waals surface area contributed by atoms with Gasteiger partial charge < -0.3 is 10.4 Å². The van der Waals surface area contributed by atoms with Crippen LogP contribution in [-0.4, -0.2) is 10.7 Å². The number of rotatable bonds is 4. The predicted molar refractivity (Wildman–Crippen MR) is 118 cm³/mol. The molecule has 0 bridgehead atoms. The number of nitrogens with one attached hydrogen (secondary N) is 1. The molecule has 0 aromatic heterocycles. The average molecular weight is 394 g/mol. The molecule has 3 heteroatoms. The molecule has 3 aromatic carbocycles. The van der Waals surface area contributed by atoms with Crippen molar-refractivity contribution in [3.8, 4) is 0 Å². The smallest absolute Gasteiger partial charge is 0.0749 e. The van der Waals surface area contributed by atoms with E-state index in [4.69, 9.17) is 0 Å². The third kappa shape index (κ3) is 4.30. The molecular weight excluding hydrogens is 366 g/mol. The highest BCUT2D eigenvalue weighted by molar-refractivity contribution is 5.85. The van der Waals surface area contributed by atoms with E-state index in [-0.39, 0.29) is 30.4 Å². The van der Waals surface area contributed by atoms with Crippen LogP contribution in [0.15, 0.2) is 91.0 Å². The lowest BCUT2D eigenvalue weighted by molar-refractivity contribution is -0.0674. The van der Waals surface area contributed by atoms with Crippen molar-refractivity contribution in [3.05, 3.63) is 108 Å². The van der Waals surface area contributed by atoms with Gasteiger partial charge in [-0.1, -0.05) is 97.9 Å². The maximum Gasteiger partial charge on any atom is 0.0749 e. The Bertz CT molecular complexity index is 855. The third-order valence-corrected chi connectivity index (χ3v) is 6.00. The summed E-state index contributed by atoms with van der Waals surface area (Å²) in [6.07, 6.45) is 1.37. The molecule has 1 saturated heterocycles. The summed E-state index contributed by atoms with van der Waals surface area (Å²) in [4.78, 5) is 0. The van der Waals surface area contributed by atoms with Gasteiger partial charge in [0.1, 0.15) is 0 Å². The van der Waals surface area contributed by atoms with Gasteiger partial charge in [0.2, 0.25) is 0 Å². The van der Waals surface area contributed by atoms with Gasteiger partial charge >= 0.3 is 0 Å². The first-order chi connectivity index (χ1) is 13.2. The summed E-state index contributed by atoms with van der Waals surface area (Å²) in [6.45, 7) is 2.18. The monoisotopic (exact) mass is 393 g/mol. The zero-order valence-corrected chi connectivity index (χ0v) is 17.0. The second-order valence-corrected chi connectivity index (χ2v) is 7.78. The minimum absolute atomic E-state index is 0. The number of halogens is 1. The highest BCUT2D eigenvalue weighted by atomic mass is 35.5. The van der Waals surface area contributed by atoms with Crippen molar-refractivity contribution in [2.24, 2.45) is 5.92 Å². The Kier molecular flexibility index (Phi) is 6.56. The first-order valence-corrected chi connectivity index (χ1v) is 9.78. The molecule has 28 heavy (non-hydrogen) atoms. The standard InChI is InChI=1S/C25H27NO.ClH/c1-19-24(22-15-9-4-10-16-22)26-23(21-13-7-3-8-14-21)18-25(19,27)17-20-11-5-2-6-12-20;/h2-16,19,23-24,26-27H,17-18H2,1H3;1H. The number of piperidine rings is 1. The van der Waals surface area contributed by atoms with Gasteiger partial charge in [0.15, 0.2) is 0 Å². The molecule has 0 radical (unpaired) electrons. The van der Waals surface area contributed by atoms with Crippen molar-refractivity contribution in [1.82, 2.24) is 5.32 Å². The van der Waals surface area contributed by atoms with E-state index in [1.807, 2.05) is 30.3 Å². The lowest BCUT2D eigenvalue weighted by Gasteiger charge is -2.48. The zero-order chi connectivity index (χ0) is 18.7. The van der Waals surface area contributed by atoms with Crippen LogP contribution >= 0.6 is 12.4 Å². The highest BCUT2D eigenvalue weighted by Gasteiger charge is 2.45. The van der Waals surface area contributed by atoms with Crippen molar-refractivity contribution in [1.29, 1.82) is 0 Å². The van der Waals surface area contributed by atoms with E-state index in [0.717, 1.165) is 0 Å². The van der Waals surface area contributed by atoms with E-state index in [0.29, 0.717) is 12.8 Å². The summed E-state index contributed by atoms with van der Waals surface area (Å²) < 4.78 is 0. The molecule has 0 spiro atoms. The topological polar surface area (TPSA) is 32.3 Å². The minimum atomic E-state index is -0.770. The van der Waals surface area contributed by atoms with Crippen molar-refractivity contribution >= 4 is 12.4 Å². The van der Waals surface area contributed by atoms with Gasteiger partial charge in [-0.3, -0.25) is 0 Å². The molecule has 146 valence electrons. The molecule has 4 unspecified atom stereocenters. The Morgan fingerprint density at radius 2 is 1.32 bits per heavy atom. The normalized spacial score (nSPS) is 27.0. The second-order valence-electron chi connectivity index (χ2n) is 7.78. The Morgan fingerprint density at radius 1 is 0.821 bits per heavy atom. The molecule has 1 fully saturated rings. The summed E-state index contributed by atoms with van der Waals surface area (Å²) in [5, 5.41) is 15.6. The van der Waals surface area contributed by atoms with Gasteiger partial charge in [-0.15, -0.1) is 12.4 Å². The van der Waals surface area contributed by atoms with Crippen molar-refractivity contribution < 1.29 is 5.11 Å². The van der Waals surface area contributed by atoms with Crippen LogP contribution in [0.2, 0.25) is 0 Å². The van der Waals surface area contributed by atoms with Crippen molar-refractivity contribution in [3.63, 3.8) is 0 Å². The van der Waals surface area contributed by atoms with E-state index < -0.39 is 5.60 Å². The van der Waals surface area contributed by atoms with E-state index in [2.05, 4.69) is 72.9 Å². The van der Waals surface area contributed by atoms with Crippen LogP contribution in [0, 0.1) is 5.92 Å². The first-order valence-electron chi connectivity index (χ1n) is 9.78. The Balaban J connectivity index is 0.00000225. The molecule has 0 saturated carbocycles. The average Bonchev–Trinajstić information content (AvgIpc) is 2.72. The van der Waals surface area contributed by atoms with Gasteiger partial charge in [-0.05, 0) is 23.1 Å². The summed E-state index contributed by atoms with van der Waals surface area (Å²) in [5.74, 6) is 0.0973. The maximum atomic E-state index is 11.8. The number of benzene rings is 3. The van der Waals surface area contributed by atoms with Crippen LogP contribution < -0.4 is 5.32 Å². The van der Waals surface area contributed by atoms with E-state index >= 15 is 0 Å². The quantitative estimate of drug-likeness (QED) is 0.613. The molecule has 4 rings (SSSR count). The zero-order valence-electron chi connectivity index (χ0n) is 16.2. The van der Waals surface area contributed by atoms with Gasteiger partial charge in [-0.25, -0.2) is 0 Å². The van der Waals surface area contributed by atoms with E-state index in [1.165, 1.54) is 16.7 Å². The van der Waals surface area contributed by atoms with Crippen LogP contribution in [0.5, 0.6) is 0 Å². The van der Waals surface area contributed by atoms with Gasteiger partial charge in [0.25, 0.3) is 0 Å². The lowest BCUT2D eigenvalue weighted by Crippen LogP contribution is -2.53. The van der Waals surface area contributed by atoms with Gasteiger partial charge in [-0.2, -0.15) is 0 Å². The molecule has 1 aliphatic rings. The molecule has 4 atom stereocenters. The van der Waals surface area contributed by atoms with Gasteiger partial charge in [0, 0.05) is 24.4 Å². The lowest BCUT2D eigenvalue weighted by atomic mass is 9.69. The van der Waals surface area contributed by atoms with Crippen LogP contribution in [0.3, 0.4) is 0 Å². The summed E-state index contributed by atoms with van der Waals surface area (Å²) in [5.41, 5.74) is 2.88. The van der Waals surface area contributed by atoms with Crippen LogP contribution in [0.1, 0.15) is 42.1 Å². The predicted octanol–water partition coefficient (Wildman–Crippen LogP) is 5.49. The number of hydrogen-bond acceptors (Lipinski definition) is 2. The van der Waals surface area contributed by atoms with Crippen molar-refractivity contribution in [2.75, 3.05) is 0 Å². The third-order valence-electron chi connectivity index (χ3n) is 6.00. The highest BCUT2D eigenvalue weighted by Crippen LogP contribution is 2.44. The molecule has 1 heterocycles. The van der Waals surface area contributed by atoms with Crippen LogP contribution in [0.25, 0.3) is 0 Å². The van der Waals surface area contributed by atoms with Crippen LogP contribution in [-0.2, 0) is 6.42 Å². The fourth-order valence-electron chi connectivity index (χ4n) is 4.40. The molecule has 0 aliphatic carbocycles. The number of hydrogen-bond donors (Lipinski definition) is 2. The van der Waals surface area contributed by atoms with Crippen molar-refractivity contribution in [2.45, 2.75) is 37.5 Å². The molecular formula is C25H28ClNO. The SMILES string of the molecule is CC1C(c2ccccc2)NC(c2ccccc2)CC1(O)Cc1ccccc1.Cl. The number of aliphatic hydroxyl groups is 1. The molecule has 0 amide bonds. The Morgan fingerprint density at radius 3 is 1.89 bits per heavy atom. The fourth-order valence-corrected chi connectivity index (χ4v) is 4.40. The Labute approximate surface area is 174 Å². The fraction of sp³-hybridized carbons (Fsp3) is 0.280. The minimum Gasteiger partial charge on any atom is -0.389 e. The van der Waals surface area contributed by atoms with E-state index in [1.54, 1.807) is 0 Å². The first kappa shape index (κ1) is 20.6. The van der Waals surface area contributed by atoms with Gasteiger partial charge in [0.05, 0.1) is 5.60 Å². The maximum absolute atomic E-state index is 11.8. The summed E-state index contributed by atoms with van der Waals surface area (Å²) >= 11 is 0. The largest absolute Gasteiger partial charge is 0.389 e. The molecule has 3 aromatic rings. The summed E-state index contributed by atoms with van der Waals surface area (Å²) in [6, 6.07) is 31.6. The summed E-state index contributed by atoms with van der Waals surface area (Å²) in [7, 11) is 0.